The molecule has 6 heteroatoms. The monoisotopic (exact) mass is 288 g/mol. The Bertz CT molecular complexity index is 522. The van der Waals surface area contributed by atoms with E-state index in [1.165, 1.54) is 6.21 Å². The van der Waals surface area contributed by atoms with Crippen molar-refractivity contribution < 1.29 is 8.42 Å². The van der Waals surface area contributed by atoms with Crippen molar-refractivity contribution in [2.24, 2.45) is 10.5 Å². The van der Waals surface area contributed by atoms with Crippen molar-refractivity contribution in [2.75, 3.05) is 5.88 Å². The van der Waals surface area contributed by atoms with Crippen molar-refractivity contribution in [1.82, 2.24) is 4.83 Å². The van der Waals surface area contributed by atoms with Crippen LogP contribution < -0.4 is 4.83 Å². The summed E-state index contributed by atoms with van der Waals surface area (Å²) in [6.45, 7) is 5.62. The maximum atomic E-state index is 11.9. The van der Waals surface area contributed by atoms with E-state index >= 15 is 0 Å². The molecule has 0 aliphatic carbocycles. The predicted molar refractivity (Wildman–Crippen MR) is 74.5 cm³/mol. The summed E-state index contributed by atoms with van der Waals surface area (Å²) in [6, 6.07) is 6.56. The van der Waals surface area contributed by atoms with Crippen LogP contribution in [0.5, 0.6) is 0 Å². The molecule has 0 atom stereocenters. The first-order chi connectivity index (χ1) is 8.27. The van der Waals surface area contributed by atoms with Crippen LogP contribution in [0.3, 0.4) is 0 Å². The smallest absolute Gasteiger partial charge is 0.200 e. The van der Waals surface area contributed by atoms with Crippen LogP contribution in [0.2, 0.25) is 0 Å². The fourth-order valence-corrected chi connectivity index (χ4v) is 1.94. The van der Waals surface area contributed by atoms with Crippen LogP contribution >= 0.6 is 11.6 Å². The molecule has 1 N–H and O–H groups in total. The Balaban J connectivity index is 2.81. The zero-order chi connectivity index (χ0) is 13.8. The Hall–Kier alpha value is -1.07. The highest BCUT2D eigenvalue weighted by molar-refractivity contribution is 7.89. The minimum absolute atomic E-state index is 0.189. The van der Waals surface area contributed by atoms with Gasteiger partial charge in [0, 0.05) is 17.5 Å². The van der Waals surface area contributed by atoms with Crippen LogP contribution in [0.15, 0.2) is 34.3 Å². The van der Waals surface area contributed by atoms with E-state index in [4.69, 9.17) is 11.6 Å². The highest BCUT2D eigenvalue weighted by Gasteiger charge is 2.15. The molecule has 100 valence electrons. The van der Waals surface area contributed by atoms with Crippen molar-refractivity contribution in [3.63, 3.8) is 0 Å². The summed E-state index contributed by atoms with van der Waals surface area (Å²) >= 11 is 5.71. The van der Waals surface area contributed by atoms with E-state index in [1.54, 1.807) is 24.3 Å². The summed E-state index contributed by atoms with van der Waals surface area (Å²) in [5, 5.41) is 3.74. The lowest BCUT2D eigenvalue weighted by atomic mass is 9.99. The molecule has 1 aromatic rings. The Labute approximate surface area is 113 Å². The second-order valence-corrected chi connectivity index (χ2v) is 6.72. The van der Waals surface area contributed by atoms with Crippen molar-refractivity contribution in [3.8, 4) is 0 Å². The molecule has 0 fully saturated rings. The predicted octanol–water partition coefficient (Wildman–Crippen LogP) is 2.52. The van der Waals surface area contributed by atoms with Crippen LogP contribution in [0.25, 0.3) is 0 Å². The van der Waals surface area contributed by atoms with Crippen LogP contribution in [-0.4, -0.2) is 20.5 Å². The van der Waals surface area contributed by atoms with Gasteiger partial charge in [-0.05, 0) is 19.1 Å². The van der Waals surface area contributed by atoms with Gasteiger partial charge in [-0.1, -0.05) is 31.5 Å². The molecule has 0 aliphatic rings. The topological polar surface area (TPSA) is 58.5 Å². The number of hydrazone groups is 1. The number of hydrogen-bond acceptors (Lipinski definition) is 3. The van der Waals surface area contributed by atoms with E-state index in [0.717, 1.165) is 5.56 Å². The molecule has 1 rings (SSSR count). The van der Waals surface area contributed by atoms with E-state index < -0.39 is 10.0 Å². The first-order valence-corrected chi connectivity index (χ1v) is 7.47. The van der Waals surface area contributed by atoms with Crippen LogP contribution in [0.4, 0.5) is 0 Å². The largest absolute Gasteiger partial charge is 0.276 e. The summed E-state index contributed by atoms with van der Waals surface area (Å²) in [6.07, 6.45) is 1.49. The summed E-state index contributed by atoms with van der Waals surface area (Å²) in [4.78, 5) is 2.36. The summed E-state index contributed by atoms with van der Waals surface area (Å²) < 4.78 is 23.7. The zero-order valence-electron chi connectivity index (χ0n) is 10.6. The Morgan fingerprint density at radius 3 is 2.39 bits per heavy atom. The standard InChI is InChI=1S/C12H17ClN2O2S/c1-10-4-6-11(7-5-10)18(16,17)15-14-9-12(2,3)8-13/h4-7,9,15H,8H2,1-3H3. The molecular weight excluding hydrogens is 272 g/mol. The molecule has 0 saturated heterocycles. The van der Waals surface area contributed by atoms with Crippen molar-refractivity contribution in [1.29, 1.82) is 0 Å². The number of halogens is 1. The quantitative estimate of drug-likeness (QED) is 0.514. The van der Waals surface area contributed by atoms with E-state index in [1.807, 2.05) is 20.8 Å². The van der Waals surface area contributed by atoms with Crippen molar-refractivity contribution in [3.05, 3.63) is 29.8 Å². The average molecular weight is 289 g/mol. The third-order valence-corrected chi connectivity index (χ3v) is 4.19. The second-order valence-electron chi connectivity index (χ2n) is 4.79. The average Bonchev–Trinajstić information content (AvgIpc) is 2.29. The van der Waals surface area contributed by atoms with Crippen molar-refractivity contribution in [2.45, 2.75) is 25.7 Å². The Kier molecular flexibility index (Phi) is 4.76. The van der Waals surface area contributed by atoms with E-state index in [0.29, 0.717) is 5.88 Å². The van der Waals surface area contributed by atoms with Gasteiger partial charge in [0.1, 0.15) is 0 Å². The van der Waals surface area contributed by atoms with Gasteiger partial charge in [-0.2, -0.15) is 13.5 Å². The molecule has 0 bridgehead atoms. The van der Waals surface area contributed by atoms with Gasteiger partial charge < -0.3 is 0 Å². The Morgan fingerprint density at radius 1 is 1.33 bits per heavy atom. The first kappa shape index (κ1) is 15.0. The number of nitrogens with one attached hydrogen (secondary N) is 1. The number of alkyl halides is 1. The lowest BCUT2D eigenvalue weighted by Gasteiger charge is -2.14. The lowest BCUT2D eigenvalue weighted by molar-refractivity contribution is 0.580. The molecule has 0 heterocycles. The van der Waals surface area contributed by atoms with Gasteiger partial charge in [-0.15, -0.1) is 11.6 Å². The fourth-order valence-electron chi connectivity index (χ4n) is 1.08. The van der Waals surface area contributed by atoms with Crippen LogP contribution in [0.1, 0.15) is 19.4 Å². The number of rotatable bonds is 5. The van der Waals surface area contributed by atoms with E-state index in [-0.39, 0.29) is 10.3 Å². The number of aryl methyl sites for hydroxylation is 1. The summed E-state index contributed by atoms with van der Waals surface area (Å²) in [7, 11) is -3.60. The molecule has 0 amide bonds. The molecule has 0 aromatic heterocycles. The summed E-state index contributed by atoms with van der Waals surface area (Å²) in [5.41, 5.74) is 0.651. The van der Waals surface area contributed by atoms with E-state index in [9.17, 15) is 8.42 Å². The zero-order valence-corrected chi connectivity index (χ0v) is 12.2. The molecule has 0 aliphatic heterocycles. The lowest BCUT2D eigenvalue weighted by Crippen LogP contribution is -2.22. The van der Waals surface area contributed by atoms with E-state index in [2.05, 4.69) is 9.93 Å². The minimum atomic E-state index is -3.60. The van der Waals surface area contributed by atoms with Gasteiger partial charge >= 0.3 is 0 Å². The maximum Gasteiger partial charge on any atom is 0.276 e. The number of nitrogens with zero attached hydrogens (tertiary/aromatic N) is 1. The third kappa shape index (κ3) is 4.31. The number of sulfonamides is 1. The molecule has 0 unspecified atom stereocenters. The highest BCUT2D eigenvalue weighted by atomic mass is 35.5. The van der Waals surface area contributed by atoms with Gasteiger partial charge in [-0.3, -0.25) is 0 Å². The SMILES string of the molecule is Cc1ccc(S(=O)(=O)NN=CC(C)(C)CCl)cc1. The van der Waals surface area contributed by atoms with Gasteiger partial charge in [0.15, 0.2) is 0 Å². The number of hydrogen-bond donors (Lipinski definition) is 1. The van der Waals surface area contributed by atoms with Crippen LogP contribution in [0, 0.1) is 12.3 Å². The molecule has 0 radical (unpaired) electrons. The second kappa shape index (κ2) is 5.71. The highest BCUT2D eigenvalue weighted by Crippen LogP contribution is 2.14. The van der Waals surface area contributed by atoms with Gasteiger partial charge in [-0.25, -0.2) is 4.83 Å². The number of benzene rings is 1. The molecular formula is C12H17ClN2O2S. The molecule has 4 nitrogen and oxygen atoms in total. The first-order valence-electron chi connectivity index (χ1n) is 5.45. The third-order valence-electron chi connectivity index (χ3n) is 2.26. The normalized spacial score (nSPS) is 12.9. The molecule has 18 heavy (non-hydrogen) atoms. The molecule has 0 spiro atoms. The molecule has 1 aromatic carbocycles. The van der Waals surface area contributed by atoms with Gasteiger partial charge in [0.2, 0.25) is 0 Å². The summed E-state index contributed by atoms with van der Waals surface area (Å²) in [5.74, 6) is 0.364. The van der Waals surface area contributed by atoms with Crippen molar-refractivity contribution >= 4 is 27.8 Å². The van der Waals surface area contributed by atoms with Crippen LogP contribution in [-0.2, 0) is 10.0 Å². The van der Waals surface area contributed by atoms with Gasteiger partial charge in [0.05, 0.1) is 4.90 Å². The minimum Gasteiger partial charge on any atom is -0.200 e. The molecule has 0 saturated carbocycles. The fraction of sp³-hybridized carbons (Fsp3) is 0.417. The maximum absolute atomic E-state index is 11.9. The van der Waals surface area contributed by atoms with Gasteiger partial charge in [0.25, 0.3) is 10.0 Å². The Morgan fingerprint density at radius 2 is 1.89 bits per heavy atom.